The number of imide groups is 1. The van der Waals surface area contributed by atoms with E-state index in [0.29, 0.717) is 28.6 Å². The van der Waals surface area contributed by atoms with Crippen LogP contribution >= 0.6 is 11.8 Å². The summed E-state index contributed by atoms with van der Waals surface area (Å²) >= 11 is 0.851. The number of hydrogen-bond acceptors (Lipinski definition) is 8. The van der Waals surface area contributed by atoms with E-state index in [1.807, 2.05) is 6.92 Å². The highest BCUT2D eigenvalue weighted by molar-refractivity contribution is 8.18. The van der Waals surface area contributed by atoms with Gasteiger partial charge in [-0.2, -0.15) is 0 Å². The van der Waals surface area contributed by atoms with Crippen molar-refractivity contribution in [2.24, 2.45) is 0 Å². The Morgan fingerprint density at radius 3 is 2.80 bits per heavy atom. The summed E-state index contributed by atoms with van der Waals surface area (Å²) in [6.45, 7) is 2.54. The summed E-state index contributed by atoms with van der Waals surface area (Å²) in [7, 11) is 1.53. The van der Waals surface area contributed by atoms with Gasteiger partial charge in [-0.15, -0.1) is 0 Å². The van der Waals surface area contributed by atoms with Crippen LogP contribution in [0.4, 0.5) is 4.79 Å². The molecular weight excluding hydrogens is 408 g/mol. The van der Waals surface area contributed by atoms with Crippen LogP contribution in [-0.4, -0.2) is 58.7 Å². The predicted molar refractivity (Wildman–Crippen MR) is 111 cm³/mol. The molecule has 1 saturated heterocycles. The van der Waals surface area contributed by atoms with Gasteiger partial charge in [-0.05, 0) is 42.5 Å². The average Bonchev–Trinajstić information content (AvgIpc) is 3.02. The highest BCUT2D eigenvalue weighted by atomic mass is 32.2. The number of aromatic nitrogens is 2. The molecule has 0 radical (unpaired) electrons. The molecule has 1 fully saturated rings. The largest absolute Gasteiger partial charge is 0.493 e. The average molecular weight is 428 g/mol. The molecule has 9 nitrogen and oxygen atoms in total. The molecule has 0 bridgehead atoms. The Kier molecular flexibility index (Phi) is 7.02. The molecule has 30 heavy (non-hydrogen) atoms. The van der Waals surface area contributed by atoms with Crippen molar-refractivity contribution in [1.29, 1.82) is 0 Å². The number of thioether (sulfide) groups is 1. The van der Waals surface area contributed by atoms with Crippen molar-refractivity contribution in [3.63, 3.8) is 0 Å². The molecule has 1 aliphatic heterocycles. The molecule has 156 valence electrons. The highest BCUT2D eigenvalue weighted by Crippen LogP contribution is 2.34. The second kappa shape index (κ2) is 9.88. The van der Waals surface area contributed by atoms with Crippen LogP contribution in [0, 0.1) is 0 Å². The first-order valence-electron chi connectivity index (χ1n) is 9.14. The van der Waals surface area contributed by atoms with Crippen LogP contribution in [0.5, 0.6) is 11.5 Å². The van der Waals surface area contributed by atoms with E-state index in [1.54, 1.807) is 24.3 Å². The minimum absolute atomic E-state index is 0.0562. The zero-order valence-corrected chi connectivity index (χ0v) is 17.3. The van der Waals surface area contributed by atoms with Crippen LogP contribution in [0.25, 0.3) is 6.08 Å². The van der Waals surface area contributed by atoms with E-state index in [0.717, 1.165) is 16.7 Å². The first-order chi connectivity index (χ1) is 14.5. The van der Waals surface area contributed by atoms with Crippen LogP contribution in [0.1, 0.15) is 23.0 Å². The van der Waals surface area contributed by atoms with Crippen LogP contribution in [0.3, 0.4) is 0 Å². The van der Waals surface area contributed by atoms with E-state index in [2.05, 4.69) is 15.3 Å². The summed E-state index contributed by atoms with van der Waals surface area (Å²) < 4.78 is 10.8. The standard InChI is InChI=1S/C20H20N4O5S/c1-3-29-15-5-4-13(10-16(15)28-2)11-17-19(26)24(20(27)30-17)9-8-23-18(25)14-12-21-6-7-22-14/h4-7,10-12H,3,8-9H2,1-2H3,(H,23,25). The fourth-order valence-corrected chi connectivity index (χ4v) is 3.55. The zero-order chi connectivity index (χ0) is 21.5. The normalized spacial score (nSPS) is 14.9. The Bertz CT molecular complexity index is 980. The molecule has 0 spiro atoms. The van der Waals surface area contributed by atoms with Gasteiger partial charge in [0.05, 0.1) is 24.8 Å². The molecule has 2 aromatic rings. The molecule has 0 aliphatic carbocycles. The Hall–Kier alpha value is -3.40. The molecule has 0 atom stereocenters. The van der Waals surface area contributed by atoms with Gasteiger partial charge < -0.3 is 14.8 Å². The fraction of sp³-hybridized carbons (Fsp3) is 0.250. The van der Waals surface area contributed by atoms with Crippen LogP contribution in [0.15, 0.2) is 41.7 Å². The van der Waals surface area contributed by atoms with Gasteiger partial charge in [0.2, 0.25) is 0 Å². The first kappa shape index (κ1) is 21.3. The number of hydrogen-bond donors (Lipinski definition) is 1. The van der Waals surface area contributed by atoms with Crippen molar-refractivity contribution >= 4 is 34.9 Å². The van der Waals surface area contributed by atoms with Gasteiger partial charge in [-0.25, -0.2) is 4.98 Å². The third kappa shape index (κ3) is 4.95. The maximum Gasteiger partial charge on any atom is 0.293 e. The summed E-state index contributed by atoms with van der Waals surface area (Å²) in [4.78, 5) is 45.9. The number of nitrogens with zero attached hydrogens (tertiary/aromatic N) is 3. The van der Waals surface area contributed by atoms with Crippen molar-refractivity contribution in [3.8, 4) is 11.5 Å². The number of carbonyl (C=O) groups is 3. The number of nitrogens with one attached hydrogen (secondary N) is 1. The maximum atomic E-state index is 12.6. The zero-order valence-electron chi connectivity index (χ0n) is 16.5. The Morgan fingerprint density at radius 2 is 2.10 bits per heavy atom. The van der Waals surface area contributed by atoms with E-state index in [1.165, 1.54) is 25.7 Å². The quantitative estimate of drug-likeness (QED) is 0.638. The Labute approximate surface area is 177 Å². The summed E-state index contributed by atoms with van der Waals surface area (Å²) in [6.07, 6.45) is 5.83. The Morgan fingerprint density at radius 1 is 1.27 bits per heavy atom. The number of benzene rings is 1. The van der Waals surface area contributed by atoms with Gasteiger partial charge in [-0.1, -0.05) is 6.07 Å². The second-order valence-electron chi connectivity index (χ2n) is 6.02. The summed E-state index contributed by atoms with van der Waals surface area (Å²) in [5.74, 6) is 0.305. The lowest BCUT2D eigenvalue weighted by Gasteiger charge is -2.12. The van der Waals surface area contributed by atoms with Crippen LogP contribution in [-0.2, 0) is 4.79 Å². The minimum Gasteiger partial charge on any atom is -0.493 e. The van der Waals surface area contributed by atoms with Crippen molar-refractivity contribution in [3.05, 3.63) is 53.0 Å². The summed E-state index contributed by atoms with van der Waals surface area (Å²) in [6, 6.07) is 5.27. The van der Waals surface area contributed by atoms with Crippen molar-refractivity contribution in [2.45, 2.75) is 6.92 Å². The van der Waals surface area contributed by atoms with E-state index in [4.69, 9.17) is 9.47 Å². The molecule has 1 aromatic carbocycles. The van der Waals surface area contributed by atoms with Crippen molar-refractivity contribution in [2.75, 3.05) is 26.8 Å². The van der Waals surface area contributed by atoms with Gasteiger partial charge >= 0.3 is 0 Å². The lowest BCUT2D eigenvalue weighted by Crippen LogP contribution is -2.37. The van der Waals surface area contributed by atoms with Gasteiger partial charge in [-0.3, -0.25) is 24.3 Å². The number of ether oxygens (including phenoxy) is 2. The lowest BCUT2D eigenvalue weighted by atomic mass is 10.2. The SMILES string of the molecule is CCOc1ccc(C=C2SC(=O)N(CCNC(=O)c3cnccn3)C2=O)cc1OC. The molecule has 3 amide bonds. The lowest BCUT2D eigenvalue weighted by molar-refractivity contribution is -0.122. The maximum absolute atomic E-state index is 12.6. The minimum atomic E-state index is -0.424. The molecule has 10 heteroatoms. The van der Waals surface area contributed by atoms with E-state index >= 15 is 0 Å². The van der Waals surface area contributed by atoms with Gasteiger partial charge in [0.1, 0.15) is 5.69 Å². The number of carbonyl (C=O) groups excluding carboxylic acids is 3. The van der Waals surface area contributed by atoms with E-state index < -0.39 is 17.1 Å². The molecule has 3 rings (SSSR count). The van der Waals surface area contributed by atoms with E-state index in [9.17, 15) is 14.4 Å². The third-order valence-corrected chi connectivity index (χ3v) is 4.98. The third-order valence-electron chi connectivity index (χ3n) is 4.08. The van der Waals surface area contributed by atoms with Gasteiger partial charge in [0.15, 0.2) is 11.5 Å². The highest BCUT2D eigenvalue weighted by Gasteiger charge is 2.34. The van der Waals surface area contributed by atoms with Crippen LogP contribution < -0.4 is 14.8 Å². The number of methoxy groups -OCH3 is 1. The predicted octanol–water partition coefficient (Wildman–Crippen LogP) is 2.35. The number of rotatable bonds is 8. The Balaban J connectivity index is 1.63. The monoisotopic (exact) mass is 428 g/mol. The molecular formula is C20H20N4O5S. The van der Waals surface area contributed by atoms with E-state index in [-0.39, 0.29) is 18.8 Å². The van der Waals surface area contributed by atoms with Crippen LogP contribution in [0.2, 0.25) is 0 Å². The summed E-state index contributed by atoms with van der Waals surface area (Å²) in [5.41, 5.74) is 0.868. The molecule has 1 aromatic heterocycles. The number of amides is 3. The molecule has 2 heterocycles. The van der Waals surface area contributed by atoms with Gasteiger partial charge in [0.25, 0.3) is 17.1 Å². The summed E-state index contributed by atoms with van der Waals surface area (Å²) in [5, 5.41) is 2.23. The van der Waals surface area contributed by atoms with Crippen molar-refractivity contribution < 1.29 is 23.9 Å². The molecule has 1 N–H and O–H groups in total. The smallest absolute Gasteiger partial charge is 0.293 e. The molecule has 0 saturated carbocycles. The molecule has 1 aliphatic rings. The molecule has 0 unspecified atom stereocenters. The first-order valence-corrected chi connectivity index (χ1v) is 9.95. The topological polar surface area (TPSA) is 111 Å². The van der Waals surface area contributed by atoms with Crippen molar-refractivity contribution in [1.82, 2.24) is 20.2 Å². The second-order valence-corrected chi connectivity index (χ2v) is 7.02. The fourth-order valence-electron chi connectivity index (χ4n) is 2.68. The van der Waals surface area contributed by atoms with Gasteiger partial charge in [0, 0.05) is 25.5 Å².